The second kappa shape index (κ2) is 10.2. The Morgan fingerprint density at radius 2 is 2.03 bits per heavy atom. The molecule has 8 heteroatoms. The molecule has 2 aliphatic rings. The van der Waals surface area contributed by atoms with Crippen LogP contribution in [0.25, 0.3) is 11.4 Å². The SMILES string of the molecule is CCOC(=O)c1nc(-c2cc(C(=O)N(C)C3CCCCC3)c(C)n2CC2CCCO2)cs1. The molecule has 1 aliphatic carbocycles. The number of hydrogen-bond acceptors (Lipinski definition) is 6. The van der Waals surface area contributed by atoms with Crippen molar-refractivity contribution in [1.29, 1.82) is 0 Å². The summed E-state index contributed by atoms with van der Waals surface area (Å²) in [5.41, 5.74) is 3.18. The Balaban J connectivity index is 1.66. The number of amides is 1. The van der Waals surface area contributed by atoms with E-state index in [-0.39, 0.29) is 12.0 Å². The molecule has 3 heterocycles. The van der Waals surface area contributed by atoms with Gasteiger partial charge in [0.15, 0.2) is 0 Å². The van der Waals surface area contributed by atoms with E-state index in [1.165, 1.54) is 30.6 Å². The van der Waals surface area contributed by atoms with Gasteiger partial charge in [-0.05, 0) is 45.6 Å². The Labute approximate surface area is 193 Å². The first-order chi connectivity index (χ1) is 15.5. The lowest BCUT2D eigenvalue weighted by molar-refractivity contribution is 0.0525. The fourth-order valence-corrected chi connectivity index (χ4v) is 5.51. The van der Waals surface area contributed by atoms with Gasteiger partial charge in [-0.2, -0.15) is 0 Å². The summed E-state index contributed by atoms with van der Waals surface area (Å²) < 4.78 is 13.1. The van der Waals surface area contributed by atoms with Crippen LogP contribution in [0.15, 0.2) is 11.4 Å². The molecule has 0 aromatic carbocycles. The highest BCUT2D eigenvalue weighted by molar-refractivity contribution is 7.11. The molecule has 7 nitrogen and oxygen atoms in total. The first-order valence-corrected chi connectivity index (χ1v) is 12.6. The van der Waals surface area contributed by atoms with Crippen molar-refractivity contribution in [1.82, 2.24) is 14.5 Å². The second-order valence-corrected chi connectivity index (χ2v) is 9.60. The van der Waals surface area contributed by atoms with Gasteiger partial charge in [-0.3, -0.25) is 4.79 Å². The van der Waals surface area contributed by atoms with Crippen LogP contribution in [0.2, 0.25) is 0 Å². The minimum Gasteiger partial charge on any atom is -0.461 e. The Morgan fingerprint density at radius 3 is 2.72 bits per heavy atom. The minimum atomic E-state index is -0.411. The largest absolute Gasteiger partial charge is 0.461 e. The molecule has 1 unspecified atom stereocenters. The Morgan fingerprint density at radius 1 is 1.25 bits per heavy atom. The molecule has 1 saturated heterocycles. The third-order valence-corrected chi connectivity index (χ3v) is 7.49. The molecule has 0 N–H and O–H groups in total. The lowest BCUT2D eigenvalue weighted by atomic mass is 9.94. The van der Waals surface area contributed by atoms with E-state index in [1.807, 2.05) is 30.3 Å². The summed E-state index contributed by atoms with van der Waals surface area (Å²) in [6.45, 7) is 5.55. The first-order valence-electron chi connectivity index (χ1n) is 11.7. The number of esters is 1. The van der Waals surface area contributed by atoms with Crippen molar-refractivity contribution in [3.63, 3.8) is 0 Å². The van der Waals surface area contributed by atoms with Crippen LogP contribution < -0.4 is 0 Å². The van der Waals surface area contributed by atoms with Gasteiger partial charge in [0.05, 0.1) is 29.7 Å². The van der Waals surface area contributed by atoms with Crippen LogP contribution >= 0.6 is 11.3 Å². The highest BCUT2D eigenvalue weighted by atomic mass is 32.1. The maximum atomic E-state index is 13.5. The molecule has 0 spiro atoms. The number of thiazole rings is 1. The number of ether oxygens (including phenoxy) is 2. The molecule has 4 rings (SSSR count). The van der Waals surface area contributed by atoms with Crippen LogP contribution in [0, 0.1) is 6.92 Å². The molecule has 2 aromatic rings. The maximum Gasteiger partial charge on any atom is 0.367 e. The number of hydrogen-bond donors (Lipinski definition) is 0. The summed E-state index contributed by atoms with van der Waals surface area (Å²) >= 11 is 1.27. The van der Waals surface area contributed by atoms with E-state index in [4.69, 9.17) is 9.47 Å². The lowest BCUT2D eigenvalue weighted by Crippen LogP contribution is -2.38. The van der Waals surface area contributed by atoms with Crippen molar-refractivity contribution in [2.45, 2.75) is 77.5 Å². The molecular formula is C24H33N3O4S. The molecule has 2 aromatic heterocycles. The van der Waals surface area contributed by atoms with Gasteiger partial charge in [-0.15, -0.1) is 11.3 Å². The summed E-state index contributed by atoms with van der Waals surface area (Å²) in [7, 11) is 1.93. The van der Waals surface area contributed by atoms with Gasteiger partial charge in [0.1, 0.15) is 0 Å². The lowest BCUT2D eigenvalue weighted by Gasteiger charge is -2.31. The Kier molecular flexibility index (Phi) is 7.30. The summed E-state index contributed by atoms with van der Waals surface area (Å²) in [5.74, 6) is -0.353. The zero-order chi connectivity index (χ0) is 22.7. The van der Waals surface area contributed by atoms with Gasteiger partial charge < -0.3 is 18.9 Å². The monoisotopic (exact) mass is 459 g/mol. The standard InChI is InChI=1S/C24H33N3O4S/c1-4-30-24(29)22-25-20(15-32-22)21-13-19(16(2)27(21)14-18-11-8-12-31-18)23(28)26(3)17-9-6-5-7-10-17/h13,15,17-18H,4-12,14H2,1-3H3. The van der Waals surface area contributed by atoms with E-state index >= 15 is 0 Å². The van der Waals surface area contributed by atoms with E-state index in [2.05, 4.69) is 9.55 Å². The minimum absolute atomic E-state index is 0.0580. The maximum absolute atomic E-state index is 13.5. The summed E-state index contributed by atoms with van der Waals surface area (Å²) in [4.78, 5) is 32.1. The van der Waals surface area contributed by atoms with E-state index in [9.17, 15) is 9.59 Å². The van der Waals surface area contributed by atoms with Crippen LogP contribution in [-0.4, -0.2) is 58.7 Å². The summed E-state index contributed by atoms with van der Waals surface area (Å²) in [5, 5.41) is 2.20. The average Bonchev–Trinajstić information content (AvgIpc) is 3.56. The van der Waals surface area contributed by atoms with E-state index in [0.29, 0.717) is 35.5 Å². The molecule has 1 atom stereocenters. The predicted molar refractivity (Wildman–Crippen MR) is 124 cm³/mol. The number of rotatable bonds is 7. The van der Waals surface area contributed by atoms with Gasteiger partial charge >= 0.3 is 5.97 Å². The quantitative estimate of drug-likeness (QED) is 0.562. The second-order valence-electron chi connectivity index (χ2n) is 8.74. The fraction of sp³-hybridized carbons (Fsp3) is 0.625. The van der Waals surface area contributed by atoms with Crippen molar-refractivity contribution < 1.29 is 19.1 Å². The topological polar surface area (TPSA) is 73.7 Å². The fourth-order valence-electron chi connectivity index (χ4n) is 4.80. The van der Waals surface area contributed by atoms with Crippen molar-refractivity contribution in [3.05, 3.63) is 27.7 Å². The smallest absolute Gasteiger partial charge is 0.367 e. The number of nitrogens with zero attached hydrogens (tertiary/aromatic N) is 3. The molecule has 174 valence electrons. The number of aromatic nitrogens is 2. The van der Waals surface area contributed by atoms with Gasteiger partial charge in [-0.1, -0.05) is 19.3 Å². The van der Waals surface area contributed by atoms with E-state index < -0.39 is 5.97 Å². The normalized spacial score (nSPS) is 19.3. The molecule has 1 amide bonds. The van der Waals surface area contributed by atoms with Crippen LogP contribution in [-0.2, 0) is 16.0 Å². The molecule has 32 heavy (non-hydrogen) atoms. The highest BCUT2D eigenvalue weighted by Crippen LogP contribution is 2.31. The molecule has 1 saturated carbocycles. The Hall–Kier alpha value is -2.19. The van der Waals surface area contributed by atoms with Crippen LogP contribution in [0.4, 0.5) is 0 Å². The van der Waals surface area contributed by atoms with Crippen LogP contribution in [0.3, 0.4) is 0 Å². The average molecular weight is 460 g/mol. The Bertz CT molecular complexity index is 955. The first kappa shape index (κ1) is 23.0. The molecule has 0 bridgehead atoms. The molecule has 2 fully saturated rings. The van der Waals surface area contributed by atoms with Gasteiger partial charge in [0.2, 0.25) is 5.01 Å². The van der Waals surface area contributed by atoms with Crippen molar-refractivity contribution in [2.24, 2.45) is 0 Å². The molecule has 1 aliphatic heterocycles. The van der Waals surface area contributed by atoms with Crippen molar-refractivity contribution >= 4 is 23.2 Å². The van der Waals surface area contributed by atoms with E-state index in [0.717, 1.165) is 43.7 Å². The van der Waals surface area contributed by atoms with Gasteiger partial charge in [-0.25, -0.2) is 9.78 Å². The number of carbonyl (C=O) groups is 2. The third kappa shape index (κ3) is 4.76. The summed E-state index contributed by atoms with van der Waals surface area (Å²) in [6.07, 6.45) is 7.95. The van der Waals surface area contributed by atoms with Crippen LogP contribution in [0.1, 0.15) is 77.7 Å². The van der Waals surface area contributed by atoms with Gasteiger partial charge in [0.25, 0.3) is 5.91 Å². The molecule has 0 radical (unpaired) electrons. The zero-order valence-electron chi connectivity index (χ0n) is 19.3. The van der Waals surface area contributed by atoms with Crippen LogP contribution in [0.5, 0.6) is 0 Å². The number of carbonyl (C=O) groups excluding carboxylic acids is 2. The highest BCUT2D eigenvalue weighted by Gasteiger charge is 2.29. The summed E-state index contributed by atoms with van der Waals surface area (Å²) in [6, 6.07) is 2.24. The van der Waals surface area contributed by atoms with Gasteiger partial charge in [0, 0.05) is 37.3 Å². The van der Waals surface area contributed by atoms with E-state index in [1.54, 1.807) is 6.92 Å². The third-order valence-electron chi connectivity index (χ3n) is 6.67. The zero-order valence-corrected chi connectivity index (χ0v) is 20.1. The molecular weight excluding hydrogens is 426 g/mol. The predicted octanol–water partition coefficient (Wildman–Crippen LogP) is 4.68. The van der Waals surface area contributed by atoms with Crippen molar-refractivity contribution in [3.8, 4) is 11.4 Å². The van der Waals surface area contributed by atoms with Crippen molar-refractivity contribution in [2.75, 3.05) is 20.3 Å².